The predicted molar refractivity (Wildman–Crippen MR) is 80.0 cm³/mol. The average Bonchev–Trinajstić information content (AvgIpc) is 2.42. The molecule has 20 heavy (non-hydrogen) atoms. The van der Waals surface area contributed by atoms with Crippen molar-refractivity contribution in [2.75, 3.05) is 19.8 Å². The molecule has 1 saturated heterocycles. The number of aryl methyl sites for hydroxylation is 1. The Labute approximate surface area is 121 Å². The monoisotopic (exact) mass is 297 g/mol. The molecule has 0 aliphatic carbocycles. The van der Waals surface area contributed by atoms with Crippen molar-refractivity contribution in [1.29, 1.82) is 0 Å². The van der Waals surface area contributed by atoms with Crippen LogP contribution in [0.4, 0.5) is 0 Å². The molecule has 1 heterocycles. The van der Waals surface area contributed by atoms with Gasteiger partial charge in [-0.15, -0.1) is 0 Å². The van der Waals surface area contributed by atoms with Gasteiger partial charge in [0.25, 0.3) is 0 Å². The summed E-state index contributed by atoms with van der Waals surface area (Å²) in [6.07, 6.45) is 3.08. The van der Waals surface area contributed by atoms with Crippen LogP contribution in [0, 0.1) is 12.8 Å². The molecular weight excluding hydrogens is 274 g/mol. The molecule has 0 bridgehead atoms. The van der Waals surface area contributed by atoms with Gasteiger partial charge in [-0.2, -0.15) is 0 Å². The minimum Gasteiger partial charge on any atom is -0.381 e. The molecule has 1 fully saturated rings. The van der Waals surface area contributed by atoms with E-state index in [0.717, 1.165) is 43.6 Å². The van der Waals surface area contributed by atoms with Crippen LogP contribution in [0.5, 0.6) is 0 Å². The Balaban J connectivity index is 1.80. The van der Waals surface area contributed by atoms with Gasteiger partial charge < -0.3 is 4.74 Å². The summed E-state index contributed by atoms with van der Waals surface area (Å²) in [6, 6.07) is 7.59. The van der Waals surface area contributed by atoms with Crippen molar-refractivity contribution in [1.82, 2.24) is 4.72 Å². The van der Waals surface area contributed by atoms with E-state index >= 15 is 0 Å². The van der Waals surface area contributed by atoms with Gasteiger partial charge in [0, 0.05) is 19.8 Å². The lowest BCUT2D eigenvalue weighted by Crippen LogP contribution is -2.29. The van der Waals surface area contributed by atoms with E-state index in [0.29, 0.717) is 12.5 Å². The van der Waals surface area contributed by atoms with Crippen molar-refractivity contribution in [2.24, 2.45) is 5.92 Å². The van der Waals surface area contributed by atoms with Gasteiger partial charge >= 0.3 is 0 Å². The molecule has 0 unspecified atom stereocenters. The molecule has 5 heteroatoms. The maximum atomic E-state index is 12.1. The van der Waals surface area contributed by atoms with Crippen LogP contribution in [0.2, 0.25) is 0 Å². The standard InChI is InChI=1S/C15H23NO3S/c1-13-5-2-3-7-15(13)12-20(17,18)16-9-8-14-6-4-10-19-11-14/h2-3,5,7,14,16H,4,6,8-12H2,1H3/t14-/m0/s1. The first-order valence-corrected chi connectivity index (χ1v) is 8.81. The summed E-state index contributed by atoms with van der Waals surface area (Å²) < 4.78 is 32.2. The molecule has 1 aliphatic rings. The average molecular weight is 297 g/mol. The Hall–Kier alpha value is -0.910. The molecule has 0 spiro atoms. The molecule has 2 rings (SSSR count). The Kier molecular flexibility index (Phi) is 5.57. The topological polar surface area (TPSA) is 55.4 Å². The summed E-state index contributed by atoms with van der Waals surface area (Å²) in [6.45, 7) is 4.04. The van der Waals surface area contributed by atoms with Gasteiger partial charge in [-0.3, -0.25) is 0 Å². The molecule has 0 radical (unpaired) electrons. The molecule has 1 aromatic carbocycles. The number of ether oxygens (including phenoxy) is 1. The Bertz CT molecular complexity index is 522. The highest BCUT2D eigenvalue weighted by Crippen LogP contribution is 2.16. The molecule has 1 aromatic rings. The van der Waals surface area contributed by atoms with Crippen LogP contribution in [0.15, 0.2) is 24.3 Å². The number of rotatable bonds is 6. The van der Waals surface area contributed by atoms with E-state index in [-0.39, 0.29) is 5.75 Å². The van der Waals surface area contributed by atoms with Gasteiger partial charge in [-0.1, -0.05) is 24.3 Å². The second-order valence-electron chi connectivity index (χ2n) is 5.45. The van der Waals surface area contributed by atoms with Gasteiger partial charge in [-0.25, -0.2) is 13.1 Å². The molecule has 0 amide bonds. The summed E-state index contributed by atoms with van der Waals surface area (Å²) in [5.41, 5.74) is 1.87. The summed E-state index contributed by atoms with van der Waals surface area (Å²) in [5, 5.41) is 0. The first-order valence-electron chi connectivity index (χ1n) is 7.16. The summed E-state index contributed by atoms with van der Waals surface area (Å²) in [7, 11) is -3.25. The minimum atomic E-state index is -3.25. The molecule has 0 saturated carbocycles. The number of nitrogens with one attached hydrogen (secondary N) is 1. The highest BCUT2D eigenvalue weighted by molar-refractivity contribution is 7.88. The fourth-order valence-electron chi connectivity index (χ4n) is 2.48. The first-order chi connectivity index (χ1) is 9.57. The fraction of sp³-hybridized carbons (Fsp3) is 0.600. The van der Waals surface area contributed by atoms with Gasteiger partial charge in [0.05, 0.1) is 5.75 Å². The SMILES string of the molecule is Cc1ccccc1CS(=O)(=O)NCC[C@@H]1CCCOC1. The lowest BCUT2D eigenvalue weighted by molar-refractivity contribution is 0.0523. The maximum absolute atomic E-state index is 12.1. The van der Waals surface area contributed by atoms with Gasteiger partial charge in [0.15, 0.2) is 0 Å². The zero-order valence-corrected chi connectivity index (χ0v) is 12.8. The molecular formula is C15H23NO3S. The fourth-order valence-corrected chi connectivity index (χ4v) is 3.75. The van der Waals surface area contributed by atoms with Crippen LogP contribution in [0.1, 0.15) is 30.4 Å². The Morgan fingerprint density at radius 2 is 2.15 bits per heavy atom. The van der Waals surface area contributed by atoms with E-state index < -0.39 is 10.0 Å². The highest BCUT2D eigenvalue weighted by atomic mass is 32.2. The van der Waals surface area contributed by atoms with E-state index in [1.54, 1.807) is 0 Å². The maximum Gasteiger partial charge on any atom is 0.215 e. The van der Waals surface area contributed by atoms with Crippen molar-refractivity contribution in [2.45, 2.75) is 31.9 Å². The van der Waals surface area contributed by atoms with E-state index in [1.165, 1.54) is 0 Å². The van der Waals surface area contributed by atoms with Crippen LogP contribution in [0.3, 0.4) is 0 Å². The summed E-state index contributed by atoms with van der Waals surface area (Å²) in [5.74, 6) is 0.547. The van der Waals surface area contributed by atoms with Crippen molar-refractivity contribution in [3.8, 4) is 0 Å². The van der Waals surface area contributed by atoms with Crippen LogP contribution >= 0.6 is 0 Å². The molecule has 1 N–H and O–H groups in total. The third-order valence-electron chi connectivity index (χ3n) is 3.74. The van der Waals surface area contributed by atoms with Crippen molar-refractivity contribution >= 4 is 10.0 Å². The van der Waals surface area contributed by atoms with Gasteiger partial charge in [0.2, 0.25) is 10.0 Å². The Morgan fingerprint density at radius 3 is 2.85 bits per heavy atom. The molecule has 4 nitrogen and oxygen atoms in total. The first kappa shape index (κ1) is 15.5. The van der Waals surface area contributed by atoms with Gasteiger partial charge in [-0.05, 0) is 43.2 Å². The van der Waals surface area contributed by atoms with Crippen LogP contribution in [-0.4, -0.2) is 28.2 Å². The second kappa shape index (κ2) is 7.20. The predicted octanol–water partition coefficient (Wildman–Crippen LogP) is 2.23. The quantitative estimate of drug-likeness (QED) is 0.876. The zero-order chi connectivity index (χ0) is 14.4. The summed E-state index contributed by atoms with van der Waals surface area (Å²) >= 11 is 0. The van der Waals surface area contributed by atoms with Crippen LogP contribution in [0.25, 0.3) is 0 Å². The lowest BCUT2D eigenvalue weighted by Gasteiger charge is -2.21. The zero-order valence-electron chi connectivity index (χ0n) is 12.0. The number of hydrogen-bond acceptors (Lipinski definition) is 3. The van der Waals surface area contributed by atoms with Crippen LogP contribution in [-0.2, 0) is 20.5 Å². The molecule has 1 atom stereocenters. The molecule has 112 valence electrons. The van der Waals surface area contributed by atoms with Crippen LogP contribution < -0.4 is 4.72 Å². The van der Waals surface area contributed by atoms with E-state index in [2.05, 4.69) is 4.72 Å². The minimum absolute atomic E-state index is 0.0564. The molecule has 1 aliphatic heterocycles. The van der Waals surface area contributed by atoms with Crippen molar-refractivity contribution in [3.05, 3.63) is 35.4 Å². The summed E-state index contributed by atoms with van der Waals surface area (Å²) in [4.78, 5) is 0. The second-order valence-corrected chi connectivity index (χ2v) is 7.26. The lowest BCUT2D eigenvalue weighted by atomic mass is 9.99. The normalized spacial score (nSPS) is 19.9. The largest absolute Gasteiger partial charge is 0.381 e. The smallest absolute Gasteiger partial charge is 0.215 e. The number of hydrogen-bond donors (Lipinski definition) is 1. The van der Waals surface area contributed by atoms with E-state index in [1.807, 2.05) is 31.2 Å². The highest BCUT2D eigenvalue weighted by Gasteiger charge is 2.16. The Morgan fingerprint density at radius 1 is 1.35 bits per heavy atom. The van der Waals surface area contributed by atoms with E-state index in [9.17, 15) is 8.42 Å². The van der Waals surface area contributed by atoms with Crippen molar-refractivity contribution < 1.29 is 13.2 Å². The number of sulfonamides is 1. The third-order valence-corrected chi connectivity index (χ3v) is 5.07. The van der Waals surface area contributed by atoms with Gasteiger partial charge in [0.1, 0.15) is 0 Å². The van der Waals surface area contributed by atoms with Crippen molar-refractivity contribution in [3.63, 3.8) is 0 Å². The molecule has 0 aromatic heterocycles. The number of benzene rings is 1. The third kappa shape index (κ3) is 4.89. The van der Waals surface area contributed by atoms with E-state index in [4.69, 9.17) is 4.74 Å².